The van der Waals surface area contributed by atoms with Gasteiger partial charge in [-0.1, -0.05) is 42.5 Å². The van der Waals surface area contributed by atoms with E-state index >= 15 is 0 Å². The molecular weight excluding hydrogens is 160 g/mol. The molecule has 0 fully saturated rings. The molecule has 0 nitrogen and oxygen atoms in total. The first-order valence-electron chi connectivity index (χ1n) is 2.88. The highest BCUT2D eigenvalue weighted by atomic mass is 32.1. The Morgan fingerprint density at radius 3 is 2.00 bits per heavy atom. The van der Waals surface area contributed by atoms with Gasteiger partial charge in [-0.05, 0) is 11.8 Å². The van der Waals surface area contributed by atoms with Gasteiger partial charge in [0, 0.05) is 5.37 Å². The van der Waals surface area contributed by atoms with E-state index in [0.717, 1.165) is 5.56 Å². The summed E-state index contributed by atoms with van der Waals surface area (Å²) in [4.78, 5) is 0. The van der Waals surface area contributed by atoms with Gasteiger partial charge >= 0.3 is 0 Å². The van der Waals surface area contributed by atoms with Crippen molar-refractivity contribution in [2.75, 3.05) is 6.26 Å². The first kappa shape index (κ1) is 9.66. The van der Waals surface area contributed by atoms with Crippen LogP contribution in [0.4, 0.5) is 0 Å². The standard InChI is InChI=1S/C7H6S.CH4S/c8-6-7-4-2-1-3-5-7;1-2/h1-6H;2H,1H3. The van der Waals surface area contributed by atoms with Gasteiger partial charge in [0.1, 0.15) is 0 Å². The Kier molecular flexibility index (Phi) is 6.55. The Bertz CT molecular complexity index is 170. The van der Waals surface area contributed by atoms with Gasteiger partial charge in [0.15, 0.2) is 0 Å². The lowest BCUT2D eigenvalue weighted by Gasteiger charge is -1.84. The van der Waals surface area contributed by atoms with Crippen LogP contribution in [0.15, 0.2) is 30.3 Å². The molecule has 0 radical (unpaired) electrons. The molecule has 10 heavy (non-hydrogen) atoms. The second-order valence-corrected chi connectivity index (χ2v) is 1.76. The summed E-state index contributed by atoms with van der Waals surface area (Å²) < 4.78 is 0. The largest absolute Gasteiger partial charge is 0.183 e. The van der Waals surface area contributed by atoms with Gasteiger partial charge in [-0.2, -0.15) is 12.6 Å². The van der Waals surface area contributed by atoms with E-state index in [-0.39, 0.29) is 0 Å². The molecule has 0 saturated carbocycles. The molecule has 0 amide bonds. The Labute approximate surface area is 72.7 Å². The second kappa shape index (κ2) is 6.78. The predicted octanol–water partition coefficient (Wildman–Crippen LogP) is 2.58. The fourth-order valence-corrected chi connectivity index (χ4v) is 0.689. The van der Waals surface area contributed by atoms with E-state index in [9.17, 15) is 0 Å². The van der Waals surface area contributed by atoms with Crippen molar-refractivity contribution in [1.82, 2.24) is 0 Å². The van der Waals surface area contributed by atoms with E-state index < -0.39 is 0 Å². The van der Waals surface area contributed by atoms with Crippen LogP contribution in [0.2, 0.25) is 0 Å². The Morgan fingerprint density at radius 1 is 1.20 bits per heavy atom. The Hall–Kier alpha value is -0.340. The molecule has 0 bridgehead atoms. The molecule has 0 spiro atoms. The first-order chi connectivity index (χ1) is 4.93. The van der Waals surface area contributed by atoms with Crippen LogP contribution in [0, 0.1) is 0 Å². The van der Waals surface area contributed by atoms with Crippen LogP contribution >= 0.6 is 24.8 Å². The third-order valence-corrected chi connectivity index (χ3v) is 1.21. The molecule has 0 N–H and O–H groups in total. The fourth-order valence-electron chi connectivity index (χ4n) is 0.532. The van der Waals surface area contributed by atoms with E-state index in [1.165, 1.54) is 0 Å². The number of hydrogen-bond acceptors (Lipinski definition) is 2. The summed E-state index contributed by atoms with van der Waals surface area (Å²) in [7, 11) is 0. The molecule has 54 valence electrons. The summed E-state index contributed by atoms with van der Waals surface area (Å²) in [5.41, 5.74) is 1.10. The highest BCUT2D eigenvalue weighted by molar-refractivity contribution is 7.79. The lowest BCUT2D eigenvalue weighted by Crippen LogP contribution is -1.71. The van der Waals surface area contributed by atoms with Crippen LogP contribution in [0.5, 0.6) is 0 Å². The van der Waals surface area contributed by atoms with Crippen molar-refractivity contribution in [1.29, 1.82) is 0 Å². The van der Waals surface area contributed by atoms with Gasteiger partial charge in [-0.25, -0.2) is 0 Å². The topological polar surface area (TPSA) is 0 Å². The zero-order valence-electron chi connectivity index (χ0n) is 5.82. The molecular formula is C8H10S2. The van der Waals surface area contributed by atoms with Crippen molar-refractivity contribution in [3.63, 3.8) is 0 Å². The summed E-state index contributed by atoms with van der Waals surface area (Å²) in [6.45, 7) is 0. The quantitative estimate of drug-likeness (QED) is 0.499. The van der Waals surface area contributed by atoms with Crippen LogP contribution < -0.4 is 0 Å². The van der Waals surface area contributed by atoms with E-state index in [0.29, 0.717) is 0 Å². The monoisotopic (exact) mass is 170 g/mol. The maximum absolute atomic E-state index is 4.69. The number of hydrogen-bond donors (Lipinski definition) is 1. The van der Waals surface area contributed by atoms with Gasteiger partial charge in [-0.15, -0.1) is 0 Å². The Morgan fingerprint density at radius 2 is 1.70 bits per heavy atom. The fraction of sp³-hybridized carbons (Fsp3) is 0.125. The van der Waals surface area contributed by atoms with Crippen molar-refractivity contribution in [2.24, 2.45) is 0 Å². The lowest BCUT2D eigenvalue weighted by atomic mass is 10.2. The summed E-state index contributed by atoms with van der Waals surface area (Å²) in [6.07, 6.45) is 1.69. The molecule has 0 aliphatic carbocycles. The average Bonchev–Trinajstić information content (AvgIpc) is 2.10. The maximum Gasteiger partial charge on any atom is 0.00861 e. The molecule has 0 heterocycles. The average molecular weight is 170 g/mol. The van der Waals surface area contributed by atoms with Gasteiger partial charge in [0.25, 0.3) is 0 Å². The number of benzene rings is 1. The second-order valence-electron chi connectivity index (χ2n) is 1.53. The Balaban J connectivity index is 0.000000371. The zero-order valence-corrected chi connectivity index (χ0v) is 7.53. The lowest BCUT2D eigenvalue weighted by molar-refractivity contribution is 1.69. The molecule has 0 aliphatic heterocycles. The highest BCUT2D eigenvalue weighted by Gasteiger charge is 1.77. The first-order valence-corrected chi connectivity index (χ1v) is 4.25. The summed E-state index contributed by atoms with van der Waals surface area (Å²) in [6, 6.07) is 9.87. The zero-order chi connectivity index (χ0) is 7.82. The maximum atomic E-state index is 4.69. The van der Waals surface area contributed by atoms with Crippen LogP contribution in [0.1, 0.15) is 5.56 Å². The smallest absolute Gasteiger partial charge is 0.00861 e. The minimum atomic E-state index is 1.10. The SMILES string of the molecule is CS.S=Cc1ccccc1. The van der Waals surface area contributed by atoms with Crippen molar-refractivity contribution < 1.29 is 0 Å². The van der Waals surface area contributed by atoms with Crippen molar-refractivity contribution in [3.05, 3.63) is 35.9 Å². The highest BCUT2D eigenvalue weighted by Crippen LogP contribution is 1.92. The van der Waals surface area contributed by atoms with E-state index in [1.807, 2.05) is 30.3 Å². The molecule has 1 rings (SSSR count). The summed E-state index contributed by atoms with van der Waals surface area (Å²) in [5, 5.41) is 1.67. The van der Waals surface area contributed by atoms with Crippen molar-refractivity contribution >= 4 is 30.2 Å². The van der Waals surface area contributed by atoms with Gasteiger partial charge in [0.05, 0.1) is 0 Å². The van der Waals surface area contributed by atoms with Crippen LogP contribution in [-0.2, 0) is 0 Å². The molecule has 0 unspecified atom stereocenters. The van der Waals surface area contributed by atoms with E-state index in [4.69, 9.17) is 12.2 Å². The number of rotatable bonds is 1. The predicted molar refractivity (Wildman–Crippen MR) is 54.1 cm³/mol. The minimum Gasteiger partial charge on any atom is -0.183 e. The molecule has 2 heteroatoms. The van der Waals surface area contributed by atoms with Crippen LogP contribution in [-0.4, -0.2) is 11.6 Å². The van der Waals surface area contributed by atoms with Crippen molar-refractivity contribution in [3.8, 4) is 0 Å². The van der Waals surface area contributed by atoms with Gasteiger partial charge < -0.3 is 0 Å². The normalized spacial score (nSPS) is 7.40. The van der Waals surface area contributed by atoms with Crippen LogP contribution in [0.25, 0.3) is 0 Å². The van der Waals surface area contributed by atoms with Gasteiger partial charge in [-0.3, -0.25) is 0 Å². The molecule has 0 atom stereocenters. The number of thiocarbonyl (C=S) groups is 1. The molecule has 0 aliphatic rings. The third kappa shape index (κ3) is 3.64. The van der Waals surface area contributed by atoms with Crippen LogP contribution in [0.3, 0.4) is 0 Å². The molecule has 0 saturated heterocycles. The van der Waals surface area contributed by atoms with E-state index in [2.05, 4.69) is 12.6 Å². The molecule has 1 aromatic carbocycles. The van der Waals surface area contributed by atoms with Crippen molar-refractivity contribution in [2.45, 2.75) is 0 Å². The summed E-state index contributed by atoms with van der Waals surface area (Å²) >= 11 is 8.22. The third-order valence-electron chi connectivity index (χ3n) is 0.936. The summed E-state index contributed by atoms with van der Waals surface area (Å²) in [5.74, 6) is 0. The minimum absolute atomic E-state index is 1.10. The number of thiol groups is 1. The van der Waals surface area contributed by atoms with Gasteiger partial charge in [0.2, 0.25) is 0 Å². The molecule has 0 aromatic heterocycles. The van der Waals surface area contributed by atoms with E-state index in [1.54, 1.807) is 11.6 Å². The molecule has 1 aromatic rings.